The third kappa shape index (κ3) is 1.88. The Morgan fingerprint density at radius 1 is 1.12 bits per heavy atom. The van der Waals surface area contributed by atoms with Crippen molar-refractivity contribution in [2.45, 2.75) is 0 Å². The quantitative estimate of drug-likeness (QED) is 0.750. The zero-order valence-electron chi connectivity index (χ0n) is 8.55. The standard InChI is InChI=1S/C13H11NO2/c14-13(16)8-6-9-5-7-12(15)11-4-2-1-3-10(9)11/h1-8,15H,(H2,14,16). The zero-order valence-corrected chi connectivity index (χ0v) is 8.55. The fraction of sp³-hybridized carbons (Fsp3) is 0. The lowest BCUT2D eigenvalue weighted by Crippen LogP contribution is -2.05. The first-order chi connectivity index (χ1) is 7.68. The Bertz CT molecular complexity index is 573. The van der Waals surface area contributed by atoms with Crippen molar-refractivity contribution in [3.63, 3.8) is 0 Å². The van der Waals surface area contributed by atoms with Gasteiger partial charge in [-0.15, -0.1) is 0 Å². The van der Waals surface area contributed by atoms with Crippen LogP contribution in [0.25, 0.3) is 16.8 Å². The summed E-state index contributed by atoms with van der Waals surface area (Å²) in [4.78, 5) is 10.7. The van der Waals surface area contributed by atoms with Gasteiger partial charge in [-0.3, -0.25) is 4.79 Å². The number of rotatable bonds is 2. The molecule has 0 aliphatic rings. The lowest BCUT2D eigenvalue weighted by atomic mass is 10.0. The molecule has 3 nitrogen and oxygen atoms in total. The van der Waals surface area contributed by atoms with E-state index in [1.54, 1.807) is 18.2 Å². The first kappa shape index (κ1) is 10.2. The van der Waals surface area contributed by atoms with Gasteiger partial charge in [-0.1, -0.05) is 30.3 Å². The highest BCUT2D eigenvalue weighted by Gasteiger charge is 2.02. The van der Waals surface area contributed by atoms with E-state index in [-0.39, 0.29) is 5.75 Å². The van der Waals surface area contributed by atoms with Crippen LogP contribution < -0.4 is 5.73 Å². The summed E-state index contributed by atoms with van der Waals surface area (Å²) in [6, 6.07) is 10.8. The van der Waals surface area contributed by atoms with Gasteiger partial charge in [0.1, 0.15) is 5.75 Å². The Labute approximate surface area is 92.8 Å². The molecule has 2 aromatic carbocycles. The maximum absolute atomic E-state index is 10.7. The number of aromatic hydroxyl groups is 1. The van der Waals surface area contributed by atoms with E-state index in [2.05, 4.69) is 0 Å². The van der Waals surface area contributed by atoms with Crippen molar-refractivity contribution in [2.24, 2.45) is 5.73 Å². The van der Waals surface area contributed by atoms with Crippen LogP contribution in [-0.4, -0.2) is 11.0 Å². The summed E-state index contributed by atoms with van der Waals surface area (Å²) in [5, 5.41) is 11.3. The molecule has 0 fully saturated rings. The summed E-state index contributed by atoms with van der Waals surface area (Å²) < 4.78 is 0. The molecule has 16 heavy (non-hydrogen) atoms. The van der Waals surface area contributed by atoms with Crippen LogP contribution in [0.3, 0.4) is 0 Å². The van der Waals surface area contributed by atoms with E-state index < -0.39 is 5.91 Å². The van der Waals surface area contributed by atoms with Crippen LogP contribution in [-0.2, 0) is 4.79 Å². The molecule has 2 rings (SSSR count). The molecule has 0 spiro atoms. The van der Waals surface area contributed by atoms with Gasteiger partial charge in [0.2, 0.25) is 5.91 Å². The van der Waals surface area contributed by atoms with E-state index in [9.17, 15) is 9.90 Å². The lowest BCUT2D eigenvalue weighted by Gasteiger charge is -2.03. The van der Waals surface area contributed by atoms with E-state index in [4.69, 9.17) is 5.73 Å². The molecule has 0 atom stereocenters. The Morgan fingerprint density at radius 2 is 1.81 bits per heavy atom. The molecule has 0 heterocycles. The van der Waals surface area contributed by atoms with Crippen molar-refractivity contribution in [3.05, 3.63) is 48.0 Å². The van der Waals surface area contributed by atoms with E-state index >= 15 is 0 Å². The highest BCUT2D eigenvalue weighted by atomic mass is 16.3. The number of hydrogen-bond acceptors (Lipinski definition) is 2. The van der Waals surface area contributed by atoms with Crippen molar-refractivity contribution in [2.75, 3.05) is 0 Å². The number of hydrogen-bond donors (Lipinski definition) is 2. The second-order valence-corrected chi connectivity index (χ2v) is 3.46. The predicted molar refractivity (Wildman–Crippen MR) is 63.8 cm³/mol. The van der Waals surface area contributed by atoms with Gasteiger partial charge >= 0.3 is 0 Å². The van der Waals surface area contributed by atoms with Gasteiger partial charge in [0.15, 0.2) is 0 Å². The number of carbonyl (C=O) groups is 1. The van der Waals surface area contributed by atoms with Crippen molar-refractivity contribution in [1.29, 1.82) is 0 Å². The molecule has 0 saturated carbocycles. The van der Waals surface area contributed by atoms with E-state index in [0.717, 1.165) is 16.3 Å². The topological polar surface area (TPSA) is 63.3 Å². The van der Waals surface area contributed by atoms with Crippen molar-refractivity contribution in [1.82, 2.24) is 0 Å². The molecule has 0 aliphatic carbocycles. The number of carbonyl (C=O) groups excluding carboxylic acids is 1. The number of phenolic OH excluding ortho intramolecular Hbond substituents is 1. The molecule has 1 amide bonds. The third-order valence-electron chi connectivity index (χ3n) is 2.36. The maximum Gasteiger partial charge on any atom is 0.241 e. The molecule has 0 saturated heterocycles. The average molecular weight is 213 g/mol. The Morgan fingerprint density at radius 3 is 2.50 bits per heavy atom. The van der Waals surface area contributed by atoms with E-state index in [1.165, 1.54) is 6.08 Å². The van der Waals surface area contributed by atoms with Crippen LogP contribution in [0.15, 0.2) is 42.5 Å². The molecule has 0 aliphatic heterocycles. The predicted octanol–water partition coefficient (Wildman–Crippen LogP) is 2.04. The number of phenols is 1. The second-order valence-electron chi connectivity index (χ2n) is 3.46. The smallest absolute Gasteiger partial charge is 0.241 e. The minimum atomic E-state index is -0.489. The van der Waals surface area contributed by atoms with Crippen molar-refractivity contribution < 1.29 is 9.90 Å². The van der Waals surface area contributed by atoms with Gasteiger partial charge < -0.3 is 10.8 Å². The summed E-state index contributed by atoms with van der Waals surface area (Å²) in [5.41, 5.74) is 5.89. The Balaban J connectivity index is 2.63. The number of fused-ring (bicyclic) bond motifs is 1. The molecule has 3 heteroatoms. The summed E-state index contributed by atoms with van der Waals surface area (Å²) in [5.74, 6) is -0.260. The van der Waals surface area contributed by atoms with Gasteiger partial charge in [-0.2, -0.15) is 0 Å². The lowest BCUT2D eigenvalue weighted by molar-refractivity contribution is -0.113. The summed E-state index contributed by atoms with van der Waals surface area (Å²) in [6.45, 7) is 0. The zero-order chi connectivity index (χ0) is 11.5. The fourth-order valence-corrected chi connectivity index (χ4v) is 1.62. The first-order valence-electron chi connectivity index (χ1n) is 4.87. The number of primary amides is 1. The Kier molecular flexibility index (Phi) is 2.60. The number of benzene rings is 2. The van der Waals surface area contributed by atoms with Crippen LogP contribution in [0.1, 0.15) is 5.56 Å². The average Bonchev–Trinajstić information content (AvgIpc) is 2.28. The van der Waals surface area contributed by atoms with E-state index in [1.807, 2.05) is 24.3 Å². The van der Waals surface area contributed by atoms with Crippen molar-refractivity contribution in [3.8, 4) is 5.75 Å². The van der Waals surface area contributed by atoms with Gasteiger partial charge in [0, 0.05) is 11.5 Å². The van der Waals surface area contributed by atoms with Crippen LogP contribution >= 0.6 is 0 Å². The monoisotopic (exact) mass is 213 g/mol. The highest BCUT2D eigenvalue weighted by Crippen LogP contribution is 2.27. The Hall–Kier alpha value is -2.29. The summed E-state index contributed by atoms with van der Waals surface area (Å²) >= 11 is 0. The van der Waals surface area contributed by atoms with Gasteiger partial charge in [-0.25, -0.2) is 0 Å². The van der Waals surface area contributed by atoms with Crippen LogP contribution in [0.5, 0.6) is 5.75 Å². The maximum atomic E-state index is 10.7. The summed E-state index contributed by atoms with van der Waals surface area (Å²) in [6.07, 6.45) is 2.95. The molecule has 2 aromatic rings. The fourth-order valence-electron chi connectivity index (χ4n) is 1.62. The molecule has 0 aromatic heterocycles. The number of nitrogens with two attached hydrogens (primary N) is 1. The minimum absolute atomic E-state index is 0.229. The van der Waals surface area contributed by atoms with Gasteiger partial charge in [0.25, 0.3) is 0 Å². The number of amides is 1. The van der Waals surface area contributed by atoms with Gasteiger partial charge in [0.05, 0.1) is 0 Å². The largest absolute Gasteiger partial charge is 0.507 e. The van der Waals surface area contributed by atoms with Crippen molar-refractivity contribution >= 4 is 22.8 Å². The van der Waals surface area contributed by atoms with Crippen LogP contribution in [0.4, 0.5) is 0 Å². The van der Waals surface area contributed by atoms with E-state index in [0.29, 0.717) is 0 Å². The van der Waals surface area contributed by atoms with Crippen LogP contribution in [0, 0.1) is 0 Å². The minimum Gasteiger partial charge on any atom is -0.507 e. The van der Waals surface area contributed by atoms with Crippen LogP contribution in [0.2, 0.25) is 0 Å². The molecular formula is C13H11NO2. The SMILES string of the molecule is NC(=O)C=Cc1ccc(O)c2ccccc12. The van der Waals surface area contributed by atoms with Gasteiger partial charge in [-0.05, 0) is 23.1 Å². The summed E-state index contributed by atoms with van der Waals surface area (Å²) in [7, 11) is 0. The molecule has 0 unspecified atom stereocenters. The highest BCUT2D eigenvalue weighted by molar-refractivity contribution is 5.98. The normalized spacial score (nSPS) is 11.0. The third-order valence-corrected chi connectivity index (χ3v) is 2.36. The first-order valence-corrected chi connectivity index (χ1v) is 4.87. The molecule has 0 bridgehead atoms. The molecule has 80 valence electrons. The second kappa shape index (κ2) is 4.06. The molecular weight excluding hydrogens is 202 g/mol. The molecule has 3 N–H and O–H groups in total. The molecule has 0 radical (unpaired) electrons.